The Morgan fingerprint density at radius 3 is 2.71 bits per heavy atom. The van der Waals surface area contributed by atoms with Gasteiger partial charge in [-0.3, -0.25) is 4.79 Å². The van der Waals surface area contributed by atoms with Gasteiger partial charge in [0.15, 0.2) is 0 Å². The molecule has 0 spiro atoms. The van der Waals surface area contributed by atoms with Crippen molar-refractivity contribution in [1.82, 2.24) is 9.55 Å². The summed E-state index contributed by atoms with van der Waals surface area (Å²) in [5, 5.41) is 2.43. The fourth-order valence-electron chi connectivity index (χ4n) is 1.76. The lowest BCUT2D eigenvalue weighted by atomic mass is 10.1. The topological polar surface area (TPSA) is 72.9 Å². The maximum atomic E-state index is 12.7. The first-order chi connectivity index (χ1) is 9.79. The van der Waals surface area contributed by atoms with E-state index < -0.39 is 23.7 Å². The predicted molar refractivity (Wildman–Crippen MR) is 71.4 cm³/mol. The molecule has 1 aromatic heterocycles. The number of nitrogen functional groups attached to an aromatic ring is 1. The molecule has 0 radical (unpaired) electrons. The van der Waals surface area contributed by atoms with Gasteiger partial charge in [0.05, 0.1) is 11.9 Å². The molecule has 0 aliphatic heterocycles. The number of anilines is 2. The van der Waals surface area contributed by atoms with Crippen LogP contribution < -0.4 is 11.1 Å². The van der Waals surface area contributed by atoms with Gasteiger partial charge in [0.2, 0.25) is 5.91 Å². The minimum absolute atomic E-state index is 0.0356. The summed E-state index contributed by atoms with van der Waals surface area (Å²) < 4.78 is 39.8. The molecule has 2 rings (SSSR count). The van der Waals surface area contributed by atoms with Crippen molar-refractivity contribution in [3.8, 4) is 0 Å². The maximum absolute atomic E-state index is 12.7. The quantitative estimate of drug-likeness (QED) is 0.856. The minimum atomic E-state index is -4.57. The standard InChI is InChI=1S/C13H13F3N4O/c1-8(20-5-4-18-7-20)12(21)19-9-2-3-11(17)10(6-9)13(14,15)16/h2-8H,17H2,1H3,(H,19,21). The molecule has 0 saturated heterocycles. The van der Waals surface area contributed by atoms with Crippen LogP contribution >= 0.6 is 0 Å². The molecule has 1 unspecified atom stereocenters. The van der Waals surface area contributed by atoms with Crippen LogP contribution in [0, 0.1) is 0 Å². The lowest BCUT2D eigenvalue weighted by molar-refractivity contribution is -0.137. The van der Waals surface area contributed by atoms with Crippen LogP contribution in [0.15, 0.2) is 36.9 Å². The van der Waals surface area contributed by atoms with Gasteiger partial charge in [0, 0.05) is 23.8 Å². The molecular weight excluding hydrogens is 285 g/mol. The first-order valence-electron chi connectivity index (χ1n) is 6.04. The summed E-state index contributed by atoms with van der Waals surface area (Å²) in [6.07, 6.45) is -0.0156. The predicted octanol–water partition coefficient (Wildman–Crippen LogP) is 2.68. The van der Waals surface area contributed by atoms with E-state index in [0.29, 0.717) is 0 Å². The second kappa shape index (κ2) is 5.47. The van der Waals surface area contributed by atoms with Gasteiger partial charge < -0.3 is 15.6 Å². The number of hydrogen-bond donors (Lipinski definition) is 2. The zero-order chi connectivity index (χ0) is 15.6. The highest BCUT2D eigenvalue weighted by Crippen LogP contribution is 2.35. The number of carbonyl (C=O) groups is 1. The molecular formula is C13H13F3N4O. The summed E-state index contributed by atoms with van der Waals surface area (Å²) in [6, 6.07) is 2.65. The molecule has 0 fully saturated rings. The monoisotopic (exact) mass is 298 g/mol. The Hall–Kier alpha value is -2.51. The van der Waals surface area contributed by atoms with Gasteiger partial charge in [-0.2, -0.15) is 13.2 Å². The molecule has 1 atom stereocenters. The Morgan fingerprint density at radius 2 is 2.14 bits per heavy atom. The first kappa shape index (κ1) is 14.9. The third-order valence-electron chi connectivity index (χ3n) is 2.98. The Morgan fingerprint density at radius 1 is 1.43 bits per heavy atom. The zero-order valence-corrected chi connectivity index (χ0v) is 11.1. The van der Waals surface area contributed by atoms with Gasteiger partial charge in [-0.05, 0) is 25.1 Å². The van der Waals surface area contributed by atoms with E-state index in [1.807, 2.05) is 0 Å². The first-order valence-corrected chi connectivity index (χ1v) is 6.04. The summed E-state index contributed by atoms with van der Waals surface area (Å²) in [6.45, 7) is 1.61. The number of hydrogen-bond acceptors (Lipinski definition) is 3. The average molecular weight is 298 g/mol. The van der Waals surface area contributed by atoms with E-state index in [-0.39, 0.29) is 11.4 Å². The van der Waals surface area contributed by atoms with Crippen molar-refractivity contribution in [1.29, 1.82) is 0 Å². The van der Waals surface area contributed by atoms with Crippen molar-refractivity contribution in [3.63, 3.8) is 0 Å². The third-order valence-corrected chi connectivity index (χ3v) is 2.98. The molecule has 3 N–H and O–H groups in total. The van der Waals surface area contributed by atoms with Crippen LogP contribution in [0.1, 0.15) is 18.5 Å². The smallest absolute Gasteiger partial charge is 0.398 e. The number of alkyl halides is 3. The number of benzene rings is 1. The lowest BCUT2D eigenvalue weighted by Gasteiger charge is -2.15. The number of aromatic nitrogens is 2. The number of rotatable bonds is 3. The van der Waals surface area contributed by atoms with Crippen molar-refractivity contribution in [3.05, 3.63) is 42.5 Å². The molecule has 8 heteroatoms. The Kier molecular flexibility index (Phi) is 3.88. The van der Waals surface area contributed by atoms with Gasteiger partial charge in [-0.1, -0.05) is 0 Å². The van der Waals surface area contributed by atoms with E-state index in [2.05, 4.69) is 10.3 Å². The van der Waals surface area contributed by atoms with Gasteiger partial charge in [-0.15, -0.1) is 0 Å². The second-order valence-corrected chi connectivity index (χ2v) is 4.47. The van der Waals surface area contributed by atoms with Crippen molar-refractivity contribution < 1.29 is 18.0 Å². The highest BCUT2D eigenvalue weighted by molar-refractivity contribution is 5.93. The average Bonchev–Trinajstić information content (AvgIpc) is 2.92. The minimum Gasteiger partial charge on any atom is -0.398 e. The van der Waals surface area contributed by atoms with E-state index in [1.165, 1.54) is 23.2 Å². The number of imidazole rings is 1. The van der Waals surface area contributed by atoms with E-state index in [1.54, 1.807) is 13.1 Å². The fourth-order valence-corrected chi connectivity index (χ4v) is 1.76. The van der Waals surface area contributed by atoms with Crippen molar-refractivity contribution in [2.75, 3.05) is 11.1 Å². The molecule has 0 saturated carbocycles. The Labute approximate surface area is 118 Å². The van der Waals surface area contributed by atoms with Crippen molar-refractivity contribution >= 4 is 17.3 Å². The van der Waals surface area contributed by atoms with Crippen molar-refractivity contribution in [2.24, 2.45) is 0 Å². The molecule has 21 heavy (non-hydrogen) atoms. The molecule has 0 aliphatic rings. The number of nitrogens with zero attached hydrogens (tertiary/aromatic N) is 2. The van der Waals surface area contributed by atoms with Crippen LogP contribution in [-0.4, -0.2) is 15.5 Å². The Bertz CT molecular complexity index is 637. The van der Waals surface area contributed by atoms with Crippen LogP contribution in [0.25, 0.3) is 0 Å². The van der Waals surface area contributed by atoms with E-state index in [9.17, 15) is 18.0 Å². The summed E-state index contributed by atoms with van der Waals surface area (Å²) in [5.74, 6) is -0.453. The maximum Gasteiger partial charge on any atom is 0.418 e. The van der Waals surface area contributed by atoms with Crippen LogP contribution in [0.3, 0.4) is 0 Å². The second-order valence-electron chi connectivity index (χ2n) is 4.47. The molecule has 2 aromatic rings. The largest absolute Gasteiger partial charge is 0.418 e. The number of nitrogens with two attached hydrogens (primary N) is 1. The van der Waals surface area contributed by atoms with Crippen LogP contribution in [-0.2, 0) is 11.0 Å². The van der Waals surface area contributed by atoms with Gasteiger partial charge in [0.25, 0.3) is 0 Å². The van der Waals surface area contributed by atoms with Crippen LogP contribution in [0.4, 0.5) is 24.5 Å². The van der Waals surface area contributed by atoms with Crippen LogP contribution in [0.5, 0.6) is 0 Å². The van der Waals surface area contributed by atoms with Crippen molar-refractivity contribution in [2.45, 2.75) is 19.1 Å². The molecule has 1 aromatic carbocycles. The summed E-state index contributed by atoms with van der Waals surface area (Å²) in [5.41, 5.74) is 3.97. The zero-order valence-electron chi connectivity index (χ0n) is 11.1. The number of amides is 1. The number of carbonyl (C=O) groups excluding carboxylic acids is 1. The number of nitrogens with one attached hydrogen (secondary N) is 1. The lowest BCUT2D eigenvalue weighted by Crippen LogP contribution is -2.23. The molecule has 1 heterocycles. The van der Waals surface area contributed by atoms with E-state index in [0.717, 1.165) is 12.1 Å². The van der Waals surface area contributed by atoms with E-state index in [4.69, 9.17) is 5.73 Å². The molecule has 0 aliphatic carbocycles. The molecule has 112 valence electrons. The summed E-state index contributed by atoms with van der Waals surface area (Å²) in [4.78, 5) is 15.8. The fraction of sp³-hybridized carbons (Fsp3) is 0.231. The molecule has 0 bridgehead atoms. The van der Waals surface area contributed by atoms with Gasteiger partial charge in [0.1, 0.15) is 6.04 Å². The molecule has 5 nitrogen and oxygen atoms in total. The van der Waals surface area contributed by atoms with E-state index >= 15 is 0 Å². The highest BCUT2D eigenvalue weighted by atomic mass is 19.4. The van der Waals surface area contributed by atoms with Crippen LogP contribution in [0.2, 0.25) is 0 Å². The normalized spacial score (nSPS) is 13.0. The third kappa shape index (κ3) is 3.33. The summed E-state index contributed by atoms with van der Waals surface area (Å²) in [7, 11) is 0. The van der Waals surface area contributed by atoms with Gasteiger partial charge >= 0.3 is 6.18 Å². The van der Waals surface area contributed by atoms with Gasteiger partial charge in [-0.25, -0.2) is 4.98 Å². The SMILES string of the molecule is CC(C(=O)Nc1ccc(N)c(C(F)(F)F)c1)n1ccnc1. The molecule has 1 amide bonds. The highest BCUT2D eigenvalue weighted by Gasteiger charge is 2.33. The number of halogens is 3. The Balaban J connectivity index is 2.18. The summed E-state index contributed by atoms with van der Waals surface area (Å²) >= 11 is 0.